The van der Waals surface area contributed by atoms with Crippen molar-refractivity contribution in [1.29, 1.82) is 0 Å². The van der Waals surface area contributed by atoms with Gasteiger partial charge in [0.2, 0.25) is 0 Å². The first kappa shape index (κ1) is 16.6. The summed E-state index contributed by atoms with van der Waals surface area (Å²) in [6.45, 7) is 5.40. The van der Waals surface area contributed by atoms with Crippen molar-refractivity contribution in [3.63, 3.8) is 0 Å². The number of piperidine rings is 1. The average molecular weight is 329 g/mol. The molecule has 0 bridgehead atoms. The van der Waals surface area contributed by atoms with Crippen LogP contribution in [0.3, 0.4) is 0 Å². The summed E-state index contributed by atoms with van der Waals surface area (Å²) >= 11 is 0. The minimum Gasteiger partial charge on any atom is -0.481 e. The molecule has 5 nitrogen and oxygen atoms in total. The van der Waals surface area contributed by atoms with Gasteiger partial charge in [-0.05, 0) is 62.3 Å². The molecule has 2 heterocycles. The Labute approximate surface area is 141 Å². The lowest BCUT2D eigenvalue weighted by atomic mass is 9.93. The first-order valence-corrected chi connectivity index (χ1v) is 8.45. The zero-order chi connectivity index (χ0) is 17.3. The number of amides is 1. The number of aliphatic carboxylic acids is 1. The summed E-state index contributed by atoms with van der Waals surface area (Å²) in [5, 5.41) is 9.70. The van der Waals surface area contributed by atoms with Crippen LogP contribution < -0.4 is 0 Å². The van der Waals surface area contributed by atoms with Crippen LogP contribution >= 0.6 is 0 Å². The molecule has 1 N–H and O–H groups in total. The Morgan fingerprint density at radius 3 is 2.79 bits per heavy atom. The van der Waals surface area contributed by atoms with Crippen LogP contribution in [0.5, 0.6) is 0 Å². The fourth-order valence-electron chi connectivity index (χ4n) is 3.43. The Morgan fingerprint density at radius 1 is 1.29 bits per heavy atom. The zero-order valence-electron chi connectivity index (χ0n) is 14.2. The maximum Gasteiger partial charge on any atom is 0.303 e. The van der Waals surface area contributed by atoms with Gasteiger partial charge in [-0.2, -0.15) is 0 Å². The lowest BCUT2D eigenvalue weighted by molar-refractivity contribution is -0.137. The molecule has 0 spiro atoms. The second-order valence-electron chi connectivity index (χ2n) is 6.77. The van der Waals surface area contributed by atoms with Gasteiger partial charge in [0, 0.05) is 24.9 Å². The van der Waals surface area contributed by atoms with Crippen LogP contribution in [0.25, 0.3) is 11.0 Å². The molecule has 2 aromatic rings. The molecule has 1 unspecified atom stereocenters. The first-order chi connectivity index (χ1) is 11.5. The van der Waals surface area contributed by atoms with E-state index in [4.69, 9.17) is 9.52 Å². The van der Waals surface area contributed by atoms with Gasteiger partial charge in [-0.25, -0.2) is 0 Å². The molecule has 1 atom stereocenters. The van der Waals surface area contributed by atoms with E-state index >= 15 is 0 Å². The van der Waals surface area contributed by atoms with Gasteiger partial charge in [-0.1, -0.05) is 0 Å². The molecule has 0 radical (unpaired) electrons. The largest absolute Gasteiger partial charge is 0.481 e. The van der Waals surface area contributed by atoms with Crippen molar-refractivity contribution in [3.8, 4) is 0 Å². The molecule has 1 saturated heterocycles. The number of carbonyl (C=O) groups is 2. The zero-order valence-corrected chi connectivity index (χ0v) is 14.2. The van der Waals surface area contributed by atoms with E-state index in [0.29, 0.717) is 18.5 Å². The molecule has 5 heteroatoms. The highest BCUT2D eigenvalue weighted by Gasteiger charge is 2.27. The third kappa shape index (κ3) is 3.30. The van der Waals surface area contributed by atoms with E-state index < -0.39 is 5.97 Å². The molecule has 3 rings (SSSR count). The number of furan rings is 1. The molecule has 1 aromatic heterocycles. The maximum atomic E-state index is 12.9. The number of hydrogen-bond donors (Lipinski definition) is 1. The number of nitrogens with zero attached hydrogens (tertiary/aromatic N) is 1. The van der Waals surface area contributed by atoms with E-state index in [1.807, 2.05) is 30.9 Å². The van der Waals surface area contributed by atoms with E-state index in [9.17, 15) is 9.59 Å². The molecule has 128 valence electrons. The maximum absolute atomic E-state index is 12.9. The van der Waals surface area contributed by atoms with Gasteiger partial charge < -0.3 is 14.4 Å². The van der Waals surface area contributed by atoms with Crippen molar-refractivity contribution in [3.05, 3.63) is 35.1 Å². The van der Waals surface area contributed by atoms with Crippen LogP contribution in [-0.4, -0.2) is 35.0 Å². The number of fused-ring (bicyclic) bond motifs is 1. The fraction of sp³-hybridized carbons (Fsp3) is 0.474. The number of carboxylic acid groups (broad SMARTS) is 1. The Morgan fingerprint density at radius 2 is 2.04 bits per heavy atom. The Kier molecular flexibility index (Phi) is 4.60. The number of rotatable bonds is 4. The van der Waals surface area contributed by atoms with Gasteiger partial charge in [0.25, 0.3) is 5.91 Å². The number of benzene rings is 1. The summed E-state index contributed by atoms with van der Waals surface area (Å²) in [7, 11) is 0. The van der Waals surface area contributed by atoms with Crippen molar-refractivity contribution in [1.82, 2.24) is 4.90 Å². The standard InChI is InChI=1S/C19H23NO4/c1-12-8-15-16(11-24-17(15)9-13(12)2)19(23)20-7-3-4-14(10-20)5-6-18(21)22/h8-9,11,14H,3-7,10H2,1-2H3,(H,21,22). The predicted molar refractivity (Wildman–Crippen MR) is 91.2 cm³/mol. The Balaban J connectivity index is 1.78. The van der Waals surface area contributed by atoms with Crippen LogP contribution in [-0.2, 0) is 4.79 Å². The predicted octanol–water partition coefficient (Wildman–Crippen LogP) is 3.77. The van der Waals surface area contributed by atoms with Gasteiger partial charge >= 0.3 is 5.97 Å². The van der Waals surface area contributed by atoms with Crippen molar-refractivity contribution in [2.75, 3.05) is 13.1 Å². The third-order valence-electron chi connectivity index (χ3n) is 4.99. The van der Waals surface area contributed by atoms with Gasteiger partial charge in [0.1, 0.15) is 11.8 Å². The monoisotopic (exact) mass is 329 g/mol. The number of likely N-dealkylation sites (tertiary alicyclic amines) is 1. The number of carbonyl (C=O) groups excluding carboxylic acids is 1. The third-order valence-corrected chi connectivity index (χ3v) is 4.99. The molecule has 0 aliphatic carbocycles. The van der Waals surface area contributed by atoms with Crippen molar-refractivity contribution < 1.29 is 19.1 Å². The highest BCUT2D eigenvalue weighted by molar-refractivity contribution is 6.06. The van der Waals surface area contributed by atoms with Crippen LogP contribution in [0.4, 0.5) is 0 Å². The smallest absolute Gasteiger partial charge is 0.303 e. The summed E-state index contributed by atoms with van der Waals surface area (Å²) in [5.41, 5.74) is 3.62. The van der Waals surface area contributed by atoms with Crippen LogP contribution in [0.1, 0.15) is 47.2 Å². The molecule has 1 aliphatic heterocycles. The summed E-state index contributed by atoms with van der Waals surface area (Å²) in [6.07, 6.45) is 4.25. The fourth-order valence-corrected chi connectivity index (χ4v) is 3.43. The molecule has 1 amide bonds. The van der Waals surface area contributed by atoms with E-state index in [1.54, 1.807) is 6.26 Å². The first-order valence-electron chi connectivity index (χ1n) is 8.45. The molecule has 24 heavy (non-hydrogen) atoms. The van der Waals surface area contributed by atoms with E-state index in [2.05, 4.69) is 0 Å². The van der Waals surface area contributed by atoms with E-state index in [-0.39, 0.29) is 18.2 Å². The summed E-state index contributed by atoms with van der Waals surface area (Å²) in [6, 6.07) is 3.97. The number of carboxylic acids is 1. The molecule has 1 fully saturated rings. The summed E-state index contributed by atoms with van der Waals surface area (Å²) in [5.74, 6) is -0.525. The molecule has 1 aliphatic rings. The van der Waals surface area contributed by atoms with Gasteiger partial charge in [-0.15, -0.1) is 0 Å². The van der Waals surface area contributed by atoms with E-state index in [0.717, 1.165) is 41.5 Å². The van der Waals surface area contributed by atoms with Gasteiger partial charge in [-0.3, -0.25) is 9.59 Å². The normalized spacial score (nSPS) is 18.1. The minimum absolute atomic E-state index is 0.0166. The van der Waals surface area contributed by atoms with E-state index in [1.165, 1.54) is 0 Å². The highest BCUT2D eigenvalue weighted by Crippen LogP contribution is 2.28. The van der Waals surface area contributed by atoms with Crippen molar-refractivity contribution in [2.45, 2.75) is 39.5 Å². The molecule has 0 saturated carbocycles. The SMILES string of the molecule is Cc1cc2occ(C(=O)N3CCCC(CCC(=O)O)C3)c2cc1C. The summed E-state index contributed by atoms with van der Waals surface area (Å²) in [4.78, 5) is 25.5. The highest BCUT2D eigenvalue weighted by atomic mass is 16.4. The van der Waals surface area contributed by atoms with Crippen molar-refractivity contribution in [2.24, 2.45) is 5.92 Å². The lowest BCUT2D eigenvalue weighted by Crippen LogP contribution is -2.40. The van der Waals surface area contributed by atoms with Crippen LogP contribution in [0.15, 0.2) is 22.8 Å². The minimum atomic E-state index is -0.773. The topological polar surface area (TPSA) is 70.8 Å². The van der Waals surface area contributed by atoms with Crippen LogP contribution in [0, 0.1) is 19.8 Å². The molecule has 1 aromatic carbocycles. The second-order valence-corrected chi connectivity index (χ2v) is 6.77. The number of aryl methyl sites for hydroxylation is 2. The Bertz CT molecular complexity index is 777. The Hall–Kier alpha value is -2.30. The average Bonchev–Trinajstić information content (AvgIpc) is 2.95. The number of hydrogen-bond acceptors (Lipinski definition) is 3. The van der Waals surface area contributed by atoms with Crippen LogP contribution in [0.2, 0.25) is 0 Å². The quantitative estimate of drug-likeness (QED) is 0.927. The van der Waals surface area contributed by atoms with Gasteiger partial charge in [0.05, 0.1) is 5.56 Å². The van der Waals surface area contributed by atoms with Crippen molar-refractivity contribution >= 4 is 22.8 Å². The summed E-state index contributed by atoms with van der Waals surface area (Å²) < 4.78 is 5.58. The molecular formula is C19H23NO4. The molecular weight excluding hydrogens is 306 g/mol. The lowest BCUT2D eigenvalue weighted by Gasteiger charge is -2.32. The van der Waals surface area contributed by atoms with Gasteiger partial charge in [0.15, 0.2) is 0 Å². The second kappa shape index (κ2) is 6.67.